The zero-order valence-electron chi connectivity index (χ0n) is 15.0. The van der Waals surface area contributed by atoms with Gasteiger partial charge in [-0.25, -0.2) is 0 Å². The second-order valence-electron chi connectivity index (χ2n) is 6.54. The number of carbonyl (C=O) groups excluding carboxylic acids is 2. The van der Waals surface area contributed by atoms with Gasteiger partial charge in [-0.05, 0) is 12.3 Å². The molecule has 0 radical (unpaired) electrons. The van der Waals surface area contributed by atoms with Crippen LogP contribution in [0.25, 0.3) is 0 Å². The van der Waals surface area contributed by atoms with Gasteiger partial charge in [0.2, 0.25) is 11.7 Å². The highest BCUT2D eigenvalue weighted by molar-refractivity contribution is 5.91. The van der Waals surface area contributed by atoms with Crippen LogP contribution in [0.3, 0.4) is 0 Å². The average molecular weight is 335 g/mol. The maximum atomic E-state index is 12.1. The predicted molar refractivity (Wildman–Crippen MR) is 91.6 cm³/mol. The summed E-state index contributed by atoms with van der Waals surface area (Å²) in [5, 5.41) is 11.1. The molecule has 2 heterocycles. The number of hydrogen-bond donors (Lipinski definition) is 1. The summed E-state index contributed by atoms with van der Waals surface area (Å²) in [7, 11) is 1.77. The summed E-state index contributed by atoms with van der Waals surface area (Å²) in [4.78, 5) is 25.7. The van der Waals surface area contributed by atoms with Crippen LogP contribution in [-0.2, 0) is 17.8 Å². The molecule has 1 aliphatic heterocycles. The van der Waals surface area contributed by atoms with Crippen LogP contribution in [0.4, 0.5) is 0 Å². The quantitative estimate of drug-likeness (QED) is 0.744. The zero-order valence-corrected chi connectivity index (χ0v) is 15.0. The molecule has 1 atom stereocenters. The van der Waals surface area contributed by atoms with Crippen molar-refractivity contribution >= 4 is 11.8 Å². The van der Waals surface area contributed by atoms with E-state index in [0.717, 1.165) is 18.7 Å². The largest absolute Gasteiger partial charge is 0.356 e. The van der Waals surface area contributed by atoms with Gasteiger partial charge in [-0.1, -0.05) is 33.1 Å². The molecule has 7 heteroatoms. The van der Waals surface area contributed by atoms with Crippen molar-refractivity contribution in [3.63, 3.8) is 0 Å². The summed E-state index contributed by atoms with van der Waals surface area (Å²) in [5.41, 5.74) is 0. The van der Waals surface area contributed by atoms with Crippen molar-refractivity contribution in [1.82, 2.24) is 25.0 Å². The monoisotopic (exact) mass is 335 g/mol. The fraction of sp³-hybridized carbons (Fsp3) is 0.765. The number of likely N-dealkylation sites (N-methyl/N-ethyl adjacent to an activating group) is 1. The standard InChI is InChI=1S/C17H29N5O2/c1-4-6-7-13(5-2)12-15(23)18-9-8-14-19-20-16-17(24)21(3)10-11-22(14)16/h13H,4-12H2,1-3H3,(H,18,23). The first-order valence-corrected chi connectivity index (χ1v) is 9.01. The summed E-state index contributed by atoms with van der Waals surface area (Å²) in [6, 6.07) is 0. The SMILES string of the molecule is CCCCC(CC)CC(=O)NCCc1nnc2n1CCN(C)C2=O. The molecule has 2 rings (SSSR count). The van der Waals surface area contributed by atoms with E-state index in [9.17, 15) is 9.59 Å². The number of aromatic nitrogens is 3. The lowest BCUT2D eigenvalue weighted by atomic mass is 9.95. The highest BCUT2D eigenvalue weighted by atomic mass is 16.2. The van der Waals surface area contributed by atoms with Crippen molar-refractivity contribution < 1.29 is 9.59 Å². The molecule has 7 nitrogen and oxygen atoms in total. The van der Waals surface area contributed by atoms with Gasteiger partial charge in [-0.3, -0.25) is 9.59 Å². The van der Waals surface area contributed by atoms with Crippen LogP contribution in [0.15, 0.2) is 0 Å². The molecule has 1 aromatic rings. The molecule has 1 aromatic heterocycles. The van der Waals surface area contributed by atoms with Gasteiger partial charge in [-0.15, -0.1) is 10.2 Å². The van der Waals surface area contributed by atoms with Gasteiger partial charge < -0.3 is 14.8 Å². The minimum Gasteiger partial charge on any atom is -0.356 e. The highest BCUT2D eigenvalue weighted by Gasteiger charge is 2.26. The fourth-order valence-corrected chi connectivity index (χ4v) is 3.03. The maximum Gasteiger partial charge on any atom is 0.291 e. The third-order valence-corrected chi connectivity index (χ3v) is 4.71. The molecule has 0 bridgehead atoms. The van der Waals surface area contributed by atoms with Crippen LogP contribution < -0.4 is 5.32 Å². The third-order valence-electron chi connectivity index (χ3n) is 4.71. The number of nitrogens with one attached hydrogen (secondary N) is 1. The van der Waals surface area contributed by atoms with Crippen molar-refractivity contribution in [3.8, 4) is 0 Å². The van der Waals surface area contributed by atoms with Gasteiger partial charge in [0.15, 0.2) is 0 Å². The molecular formula is C17H29N5O2. The Labute approximate surface area is 143 Å². The average Bonchev–Trinajstić information content (AvgIpc) is 2.98. The predicted octanol–water partition coefficient (Wildman–Crippen LogP) is 1.63. The van der Waals surface area contributed by atoms with E-state index < -0.39 is 0 Å². The van der Waals surface area contributed by atoms with Crippen LogP contribution >= 0.6 is 0 Å². The number of unbranched alkanes of at least 4 members (excludes halogenated alkanes) is 1. The Morgan fingerprint density at radius 3 is 2.79 bits per heavy atom. The molecule has 1 N–H and O–H groups in total. The van der Waals surface area contributed by atoms with E-state index in [1.165, 1.54) is 12.8 Å². The van der Waals surface area contributed by atoms with E-state index >= 15 is 0 Å². The summed E-state index contributed by atoms with van der Waals surface area (Å²) in [5.74, 6) is 1.65. The molecular weight excluding hydrogens is 306 g/mol. The summed E-state index contributed by atoms with van der Waals surface area (Å²) in [6.07, 6.45) is 5.71. The molecule has 0 fully saturated rings. The highest BCUT2D eigenvalue weighted by Crippen LogP contribution is 2.16. The van der Waals surface area contributed by atoms with Crippen LogP contribution in [0.1, 0.15) is 62.4 Å². The molecule has 0 saturated carbocycles. The van der Waals surface area contributed by atoms with Gasteiger partial charge >= 0.3 is 0 Å². The molecule has 0 aliphatic carbocycles. The van der Waals surface area contributed by atoms with Crippen LogP contribution in [-0.4, -0.2) is 51.6 Å². The molecule has 134 valence electrons. The molecule has 24 heavy (non-hydrogen) atoms. The molecule has 1 aliphatic rings. The normalized spacial score (nSPS) is 15.3. The van der Waals surface area contributed by atoms with Crippen molar-refractivity contribution in [2.24, 2.45) is 5.92 Å². The molecule has 0 aromatic carbocycles. The smallest absolute Gasteiger partial charge is 0.291 e. The second kappa shape index (κ2) is 8.80. The third kappa shape index (κ3) is 4.55. The van der Waals surface area contributed by atoms with E-state index in [4.69, 9.17) is 0 Å². The Hall–Kier alpha value is -1.92. The fourth-order valence-electron chi connectivity index (χ4n) is 3.03. The Morgan fingerprint density at radius 1 is 1.29 bits per heavy atom. The Kier molecular flexibility index (Phi) is 6.75. The number of carbonyl (C=O) groups is 2. The van der Waals surface area contributed by atoms with E-state index in [0.29, 0.717) is 44.2 Å². The van der Waals surface area contributed by atoms with E-state index in [-0.39, 0.29) is 11.8 Å². The van der Waals surface area contributed by atoms with E-state index in [1.807, 2.05) is 4.57 Å². The molecule has 2 amide bonds. The number of nitrogens with zero attached hydrogens (tertiary/aromatic N) is 4. The summed E-state index contributed by atoms with van der Waals surface area (Å²) < 4.78 is 1.87. The Morgan fingerprint density at radius 2 is 2.08 bits per heavy atom. The lowest BCUT2D eigenvalue weighted by Gasteiger charge is -2.23. The number of hydrogen-bond acceptors (Lipinski definition) is 4. The first kappa shape index (κ1) is 18.4. The zero-order chi connectivity index (χ0) is 17.5. The maximum absolute atomic E-state index is 12.1. The Bertz CT molecular complexity index is 569. The van der Waals surface area contributed by atoms with Crippen molar-refractivity contribution in [2.75, 3.05) is 20.1 Å². The van der Waals surface area contributed by atoms with Crippen LogP contribution in [0, 0.1) is 5.92 Å². The van der Waals surface area contributed by atoms with Gasteiger partial charge in [-0.2, -0.15) is 0 Å². The minimum absolute atomic E-state index is 0.0919. The van der Waals surface area contributed by atoms with Crippen LogP contribution in [0.5, 0.6) is 0 Å². The van der Waals surface area contributed by atoms with Gasteiger partial charge in [0.1, 0.15) is 5.82 Å². The van der Waals surface area contributed by atoms with E-state index in [2.05, 4.69) is 29.4 Å². The van der Waals surface area contributed by atoms with E-state index in [1.54, 1.807) is 11.9 Å². The summed E-state index contributed by atoms with van der Waals surface area (Å²) in [6.45, 7) is 6.23. The van der Waals surface area contributed by atoms with Crippen molar-refractivity contribution in [1.29, 1.82) is 0 Å². The second-order valence-corrected chi connectivity index (χ2v) is 6.54. The molecule has 0 saturated heterocycles. The van der Waals surface area contributed by atoms with Gasteiger partial charge in [0, 0.05) is 39.5 Å². The first-order chi connectivity index (χ1) is 11.6. The molecule has 1 unspecified atom stereocenters. The van der Waals surface area contributed by atoms with Crippen LogP contribution in [0.2, 0.25) is 0 Å². The number of amides is 2. The first-order valence-electron chi connectivity index (χ1n) is 9.01. The van der Waals surface area contributed by atoms with Crippen molar-refractivity contribution in [3.05, 3.63) is 11.6 Å². The lowest BCUT2D eigenvalue weighted by molar-refractivity contribution is -0.122. The Balaban J connectivity index is 1.79. The summed E-state index contributed by atoms with van der Waals surface area (Å²) >= 11 is 0. The van der Waals surface area contributed by atoms with Crippen molar-refractivity contribution in [2.45, 2.75) is 58.9 Å². The topological polar surface area (TPSA) is 80.1 Å². The number of rotatable bonds is 9. The number of fused-ring (bicyclic) bond motifs is 1. The lowest BCUT2D eigenvalue weighted by Crippen LogP contribution is -2.38. The molecule has 0 spiro atoms. The van der Waals surface area contributed by atoms with Gasteiger partial charge in [0.05, 0.1) is 0 Å². The van der Waals surface area contributed by atoms with Gasteiger partial charge in [0.25, 0.3) is 5.91 Å². The minimum atomic E-state index is -0.0919.